The molecule has 5 heteroatoms. The highest BCUT2D eigenvalue weighted by Gasteiger charge is 2.15. The van der Waals surface area contributed by atoms with E-state index in [9.17, 15) is 9.59 Å². The number of fused-ring (bicyclic) bond motifs is 1. The van der Waals surface area contributed by atoms with Crippen LogP contribution in [0, 0.1) is 6.92 Å². The van der Waals surface area contributed by atoms with Crippen LogP contribution in [0.5, 0.6) is 11.5 Å². The third-order valence-electron chi connectivity index (χ3n) is 4.74. The third-order valence-corrected chi connectivity index (χ3v) is 4.74. The third kappa shape index (κ3) is 3.62. The largest absolute Gasteiger partial charge is 0.497 e. The van der Waals surface area contributed by atoms with Crippen LogP contribution in [0.4, 0.5) is 0 Å². The van der Waals surface area contributed by atoms with Gasteiger partial charge in [0.1, 0.15) is 17.1 Å². The molecule has 3 aromatic carbocycles. The van der Waals surface area contributed by atoms with E-state index in [0.29, 0.717) is 28.2 Å². The van der Waals surface area contributed by atoms with E-state index in [0.717, 1.165) is 16.5 Å². The smallest absolute Gasteiger partial charge is 0.344 e. The molecule has 0 saturated carbocycles. The van der Waals surface area contributed by atoms with Crippen molar-refractivity contribution >= 4 is 16.9 Å². The minimum atomic E-state index is -0.507. The number of hydrogen-bond donors (Lipinski definition) is 0. The van der Waals surface area contributed by atoms with E-state index in [1.165, 1.54) is 0 Å². The fourth-order valence-electron chi connectivity index (χ4n) is 3.23. The first-order chi connectivity index (χ1) is 14.1. The predicted molar refractivity (Wildman–Crippen MR) is 111 cm³/mol. The van der Waals surface area contributed by atoms with Crippen molar-refractivity contribution in [1.82, 2.24) is 0 Å². The highest BCUT2D eigenvalue weighted by atomic mass is 16.5. The molecule has 0 saturated heterocycles. The zero-order valence-corrected chi connectivity index (χ0v) is 16.0. The highest BCUT2D eigenvalue weighted by Crippen LogP contribution is 2.29. The van der Waals surface area contributed by atoms with Crippen LogP contribution in [0.25, 0.3) is 22.1 Å². The summed E-state index contributed by atoms with van der Waals surface area (Å²) in [7, 11) is 1.56. The first kappa shape index (κ1) is 18.5. The summed E-state index contributed by atoms with van der Waals surface area (Å²) in [5, 5.41) is 0.785. The number of hydrogen-bond acceptors (Lipinski definition) is 5. The maximum Gasteiger partial charge on any atom is 0.344 e. The summed E-state index contributed by atoms with van der Waals surface area (Å²) in [4.78, 5) is 25.0. The van der Waals surface area contributed by atoms with Crippen molar-refractivity contribution in [2.45, 2.75) is 6.92 Å². The Labute approximate surface area is 167 Å². The van der Waals surface area contributed by atoms with Crippen LogP contribution >= 0.6 is 0 Å². The molecule has 5 nitrogen and oxygen atoms in total. The first-order valence-corrected chi connectivity index (χ1v) is 9.06. The molecule has 1 aromatic heterocycles. The van der Waals surface area contributed by atoms with E-state index in [-0.39, 0.29) is 0 Å². The van der Waals surface area contributed by atoms with Gasteiger partial charge in [-0.2, -0.15) is 0 Å². The molecule has 0 aliphatic carbocycles. The summed E-state index contributed by atoms with van der Waals surface area (Å²) in [6.07, 6.45) is 0. The predicted octanol–water partition coefficient (Wildman–Crippen LogP) is 5.00. The molecule has 0 atom stereocenters. The fourth-order valence-corrected chi connectivity index (χ4v) is 3.23. The second kappa shape index (κ2) is 7.64. The lowest BCUT2D eigenvalue weighted by Gasteiger charge is -2.10. The van der Waals surface area contributed by atoms with Gasteiger partial charge in [-0.05, 0) is 54.4 Å². The van der Waals surface area contributed by atoms with Crippen LogP contribution < -0.4 is 15.1 Å². The van der Waals surface area contributed by atoms with E-state index >= 15 is 0 Å². The lowest BCUT2D eigenvalue weighted by atomic mass is 10.00. The van der Waals surface area contributed by atoms with Crippen molar-refractivity contribution in [3.63, 3.8) is 0 Å². The molecule has 0 amide bonds. The van der Waals surface area contributed by atoms with Gasteiger partial charge in [-0.25, -0.2) is 9.59 Å². The Morgan fingerprint density at radius 2 is 1.59 bits per heavy atom. The van der Waals surface area contributed by atoms with Gasteiger partial charge in [0.05, 0.1) is 18.2 Å². The molecule has 0 N–H and O–H groups in total. The van der Waals surface area contributed by atoms with E-state index in [1.807, 2.05) is 37.3 Å². The standard InChI is InChI=1S/C24H18O5/c1-15-20-13-12-19(28-23(25)17-8-10-18(27-2)11-9-17)14-21(20)29-24(26)22(15)16-6-4-3-5-7-16/h3-14H,1-2H3. The van der Waals surface area contributed by atoms with E-state index in [4.69, 9.17) is 13.9 Å². The molecule has 0 aliphatic heterocycles. The van der Waals surface area contributed by atoms with Crippen LogP contribution in [0.1, 0.15) is 15.9 Å². The average Bonchev–Trinajstić information content (AvgIpc) is 2.74. The minimum Gasteiger partial charge on any atom is -0.497 e. The quantitative estimate of drug-likeness (QED) is 0.281. The molecular formula is C24H18O5. The van der Waals surface area contributed by atoms with Gasteiger partial charge in [-0.3, -0.25) is 0 Å². The Hall–Kier alpha value is -3.86. The van der Waals surface area contributed by atoms with E-state index < -0.39 is 11.6 Å². The molecule has 0 spiro atoms. The maximum absolute atomic E-state index is 12.6. The minimum absolute atomic E-state index is 0.299. The number of carbonyl (C=O) groups excluding carboxylic acids is 1. The Morgan fingerprint density at radius 3 is 2.28 bits per heavy atom. The van der Waals surface area contributed by atoms with E-state index in [2.05, 4.69) is 0 Å². The van der Waals surface area contributed by atoms with Crippen LogP contribution in [0.2, 0.25) is 0 Å². The molecule has 0 unspecified atom stereocenters. The van der Waals surface area contributed by atoms with Crippen molar-refractivity contribution < 1.29 is 18.7 Å². The molecule has 0 aliphatic rings. The van der Waals surface area contributed by atoms with Crippen molar-refractivity contribution in [2.24, 2.45) is 0 Å². The number of rotatable bonds is 4. The van der Waals surface area contributed by atoms with Crippen LogP contribution in [-0.2, 0) is 0 Å². The molecule has 1 heterocycles. The monoisotopic (exact) mass is 386 g/mol. The summed E-state index contributed by atoms with van der Waals surface area (Å²) in [5.74, 6) is 0.444. The molecule has 0 fully saturated rings. The highest BCUT2D eigenvalue weighted by molar-refractivity contribution is 5.92. The van der Waals surface area contributed by atoms with Gasteiger partial charge in [-0.1, -0.05) is 30.3 Å². The number of esters is 1. The molecule has 4 aromatic rings. The fraction of sp³-hybridized carbons (Fsp3) is 0.0833. The van der Waals surface area contributed by atoms with Gasteiger partial charge in [0.2, 0.25) is 0 Å². The zero-order chi connectivity index (χ0) is 20.4. The summed E-state index contributed by atoms with van der Waals surface area (Å²) in [6, 6.07) is 21.0. The Bertz CT molecular complexity index is 1240. The van der Waals surface area contributed by atoms with Gasteiger partial charge >= 0.3 is 11.6 Å². The second-order valence-electron chi connectivity index (χ2n) is 6.53. The average molecular weight is 386 g/mol. The second-order valence-corrected chi connectivity index (χ2v) is 6.53. The van der Waals surface area contributed by atoms with Crippen LogP contribution in [0.15, 0.2) is 82.0 Å². The normalized spacial score (nSPS) is 10.7. The van der Waals surface area contributed by atoms with Crippen LogP contribution in [-0.4, -0.2) is 13.1 Å². The molecule has 0 radical (unpaired) electrons. The zero-order valence-electron chi connectivity index (χ0n) is 16.0. The number of aryl methyl sites for hydroxylation is 1. The van der Waals surface area contributed by atoms with Crippen molar-refractivity contribution in [2.75, 3.05) is 7.11 Å². The Morgan fingerprint density at radius 1 is 0.897 bits per heavy atom. The molecule has 0 bridgehead atoms. The number of carbonyl (C=O) groups is 1. The number of benzene rings is 3. The number of methoxy groups -OCH3 is 1. The SMILES string of the molecule is COc1ccc(C(=O)Oc2ccc3c(C)c(-c4ccccc4)c(=O)oc3c2)cc1. The summed E-state index contributed by atoms with van der Waals surface area (Å²) in [6.45, 7) is 1.88. The lowest BCUT2D eigenvalue weighted by Crippen LogP contribution is -2.09. The van der Waals surface area contributed by atoms with Gasteiger partial charge < -0.3 is 13.9 Å². The van der Waals surface area contributed by atoms with Crippen molar-refractivity contribution in [1.29, 1.82) is 0 Å². The van der Waals surface area contributed by atoms with Crippen molar-refractivity contribution in [3.8, 4) is 22.6 Å². The molecular weight excluding hydrogens is 368 g/mol. The molecule has 4 rings (SSSR count). The van der Waals surface area contributed by atoms with Gasteiger partial charge in [-0.15, -0.1) is 0 Å². The lowest BCUT2D eigenvalue weighted by molar-refractivity contribution is 0.0735. The van der Waals surface area contributed by atoms with Gasteiger partial charge in [0.25, 0.3) is 0 Å². The summed E-state index contributed by atoms with van der Waals surface area (Å²) in [5.41, 5.74) is 2.47. The summed E-state index contributed by atoms with van der Waals surface area (Å²) < 4.78 is 16.0. The molecule has 144 valence electrons. The van der Waals surface area contributed by atoms with E-state index in [1.54, 1.807) is 49.6 Å². The van der Waals surface area contributed by atoms with Crippen molar-refractivity contribution in [3.05, 3.63) is 94.3 Å². The van der Waals surface area contributed by atoms with Gasteiger partial charge in [0.15, 0.2) is 0 Å². The number of ether oxygens (including phenoxy) is 2. The van der Waals surface area contributed by atoms with Gasteiger partial charge in [0, 0.05) is 11.5 Å². The van der Waals surface area contributed by atoms with Crippen LogP contribution in [0.3, 0.4) is 0 Å². The topological polar surface area (TPSA) is 65.7 Å². The Balaban J connectivity index is 1.68. The Kier molecular flexibility index (Phi) is 4.87. The first-order valence-electron chi connectivity index (χ1n) is 9.06. The maximum atomic E-state index is 12.6. The molecule has 29 heavy (non-hydrogen) atoms. The summed E-state index contributed by atoms with van der Waals surface area (Å²) >= 11 is 0.